The van der Waals surface area contributed by atoms with Gasteiger partial charge in [0, 0.05) is 12.5 Å². The van der Waals surface area contributed by atoms with Gasteiger partial charge in [-0.3, -0.25) is 9.69 Å². The molecule has 3 aromatic rings. The van der Waals surface area contributed by atoms with Crippen LogP contribution in [0.5, 0.6) is 5.75 Å². The van der Waals surface area contributed by atoms with Crippen LogP contribution in [0.25, 0.3) is 10.3 Å². The van der Waals surface area contributed by atoms with Gasteiger partial charge < -0.3 is 9.72 Å². The summed E-state index contributed by atoms with van der Waals surface area (Å²) in [4.78, 5) is 39.3. The maximum absolute atomic E-state index is 12.6. The lowest BCUT2D eigenvalue weighted by atomic mass is 10.2. The van der Waals surface area contributed by atoms with E-state index in [2.05, 4.69) is 15.0 Å². The summed E-state index contributed by atoms with van der Waals surface area (Å²) < 4.78 is 5.49. The van der Waals surface area contributed by atoms with Crippen LogP contribution < -0.4 is 10.3 Å². The van der Waals surface area contributed by atoms with Crippen LogP contribution in [0.3, 0.4) is 0 Å². The van der Waals surface area contributed by atoms with Crippen LogP contribution in [-0.4, -0.2) is 32.5 Å². The molecule has 0 spiro atoms. The largest absolute Gasteiger partial charge is 0.415 e. The highest BCUT2D eigenvalue weighted by Gasteiger charge is 2.34. The minimum atomic E-state index is -0.386. The fourth-order valence-corrected chi connectivity index (χ4v) is 4.54. The van der Waals surface area contributed by atoms with Crippen molar-refractivity contribution in [1.82, 2.24) is 19.9 Å². The first-order chi connectivity index (χ1) is 13.2. The zero-order valence-corrected chi connectivity index (χ0v) is 15.4. The third-order valence-corrected chi connectivity index (χ3v) is 6.04. The molecular formula is C19H18N4O3S. The molecule has 1 amide bonds. The minimum absolute atomic E-state index is 0.177. The fraction of sp³-hybridized carbons (Fsp3) is 0.368. The monoisotopic (exact) mass is 382 g/mol. The van der Waals surface area contributed by atoms with Crippen molar-refractivity contribution in [2.24, 2.45) is 0 Å². The van der Waals surface area contributed by atoms with Crippen molar-refractivity contribution in [2.45, 2.75) is 37.6 Å². The van der Waals surface area contributed by atoms with Gasteiger partial charge in [-0.05, 0) is 37.8 Å². The van der Waals surface area contributed by atoms with E-state index in [9.17, 15) is 9.59 Å². The summed E-state index contributed by atoms with van der Waals surface area (Å²) in [5.74, 6) is 1.65. The van der Waals surface area contributed by atoms with Crippen molar-refractivity contribution in [3.63, 3.8) is 0 Å². The average molecular weight is 382 g/mol. The standard InChI is InChI=1S/C19H18N4O3S/c24-16-14-18(22-15(21-16)11-8-9-11)27-17(20-14)13-7-4-10-23(13)19(25)26-12-5-2-1-3-6-12/h1-3,5-6,11,13H,4,7-10H2,(H,21,22,24)/t13-/m1/s1. The number of carbonyl (C=O) groups is 1. The van der Waals surface area contributed by atoms with Gasteiger partial charge in [0.2, 0.25) is 0 Å². The second-order valence-corrected chi connectivity index (χ2v) is 7.97. The van der Waals surface area contributed by atoms with E-state index in [0.29, 0.717) is 28.6 Å². The molecule has 0 unspecified atom stereocenters. The molecule has 1 atom stereocenters. The zero-order valence-electron chi connectivity index (χ0n) is 14.6. The van der Waals surface area contributed by atoms with Crippen molar-refractivity contribution < 1.29 is 9.53 Å². The minimum Gasteiger partial charge on any atom is -0.410 e. The molecule has 1 saturated heterocycles. The Morgan fingerprint density at radius 3 is 2.78 bits per heavy atom. The molecule has 1 aliphatic heterocycles. The Hall–Kier alpha value is -2.74. The maximum Gasteiger partial charge on any atom is 0.415 e. The summed E-state index contributed by atoms with van der Waals surface area (Å²) in [5, 5.41) is 0.749. The van der Waals surface area contributed by atoms with Gasteiger partial charge in [0.25, 0.3) is 5.56 Å². The van der Waals surface area contributed by atoms with Crippen molar-refractivity contribution >= 4 is 27.8 Å². The van der Waals surface area contributed by atoms with Crippen LogP contribution in [0.15, 0.2) is 35.1 Å². The van der Waals surface area contributed by atoms with E-state index in [1.54, 1.807) is 17.0 Å². The molecule has 1 aliphatic carbocycles. The predicted molar refractivity (Wildman–Crippen MR) is 101 cm³/mol. The number of aromatic nitrogens is 3. The average Bonchev–Trinajstić information content (AvgIpc) is 3.24. The normalized spacial score (nSPS) is 19.6. The van der Waals surface area contributed by atoms with Crippen LogP contribution in [0, 0.1) is 0 Å². The molecule has 1 N–H and O–H groups in total. The number of fused-ring (bicyclic) bond motifs is 1. The summed E-state index contributed by atoms with van der Waals surface area (Å²) in [6.45, 7) is 0.614. The third kappa shape index (κ3) is 3.10. The van der Waals surface area contributed by atoms with Crippen molar-refractivity contribution in [1.29, 1.82) is 0 Å². The van der Waals surface area contributed by atoms with Crippen LogP contribution in [-0.2, 0) is 0 Å². The summed E-state index contributed by atoms with van der Waals surface area (Å²) in [6, 6.07) is 8.86. The lowest BCUT2D eigenvalue weighted by molar-refractivity contribution is 0.147. The van der Waals surface area contributed by atoms with Gasteiger partial charge in [-0.2, -0.15) is 0 Å². The number of aromatic amines is 1. The van der Waals surface area contributed by atoms with Gasteiger partial charge in [0.15, 0.2) is 10.3 Å². The number of H-pyrrole nitrogens is 1. The highest BCUT2D eigenvalue weighted by Crippen LogP contribution is 2.39. The van der Waals surface area contributed by atoms with Crippen LogP contribution >= 0.6 is 11.3 Å². The molecule has 0 radical (unpaired) electrons. The molecule has 27 heavy (non-hydrogen) atoms. The Bertz CT molecular complexity index is 1060. The molecule has 5 rings (SSSR count). The van der Waals surface area contributed by atoms with Gasteiger partial charge >= 0.3 is 6.09 Å². The van der Waals surface area contributed by atoms with Crippen molar-refractivity contribution in [2.75, 3.05) is 6.54 Å². The number of para-hydroxylation sites is 1. The van der Waals surface area contributed by atoms with Gasteiger partial charge in [-0.1, -0.05) is 29.5 Å². The number of hydrogen-bond acceptors (Lipinski definition) is 6. The molecule has 3 heterocycles. The molecule has 2 aliphatic rings. The Morgan fingerprint density at radius 2 is 2.00 bits per heavy atom. The van der Waals surface area contributed by atoms with E-state index in [0.717, 1.165) is 36.5 Å². The number of carbonyl (C=O) groups excluding carboxylic acids is 1. The first kappa shape index (κ1) is 16.4. The Kier molecular flexibility index (Phi) is 3.93. The molecule has 138 valence electrons. The first-order valence-electron chi connectivity index (χ1n) is 9.13. The number of likely N-dealkylation sites (tertiary alicyclic amines) is 1. The predicted octanol–water partition coefficient (Wildman–Crippen LogP) is 3.59. The maximum atomic E-state index is 12.6. The Labute approximate surface area is 159 Å². The SMILES string of the molecule is O=C(Oc1ccccc1)N1CCC[C@@H]1c1nc2c(=O)[nH]c(C3CC3)nc2s1. The summed E-state index contributed by atoms with van der Waals surface area (Å²) >= 11 is 1.40. The highest BCUT2D eigenvalue weighted by molar-refractivity contribution is 7.18. The molecule has 1 aromatic carbocycles. The van der Waals surface area contributed by atoms with Gasteiger partial charge in [-0.25, -0.2) is 14.8 Å². The van der Waals surface area contributed by atoms with E-state index in [4.69, 9.17) is 4.74 Å². The summed E-state index contributed by atoms with van der Waals surface area (Å²) in [7, 11) is 0. The molecule has 2 aromatic heterocycles. The van der Waals surface area contributed by atoms with E-state index in [-0.39, 0.29) is 17.7 Å². The number of nitrogens with zero attached hydrogens (tertiary/aromatic N) is 3. The Morgan fingerprint density at radius 1 is 1.19 bits per heavy atom. The van der Waals surface area contributed by atoms with Crippen LogP contribution in [0.2, 0.25) is 0 Å². The number of benzene rings is 1. The third-order valence-electron chi connectivity index (χ3n) is 4.99. The number of hydrogen-bond donors (Lipinski definition) is 1. The lowest BCUT2D eigenvalue weighted by Gasteiger charge is -2.22. The first-order valence-corrected chi connectivity index (χ1v) is 9.95. The van der Waals surface area contributed by atoms with Crippen LogP contribution in [0.1, 0.15) is 48.5 Å². The quantitative estimate of drug-likeness (QED) is 0.748. The molecule has 2 fully saturated rings. The van der Waals surface area contributed by atoms with Crippen LogP contribution in [0.4, 0.5) is 4.79 Å². The van der Waals surface area contributed by atoms with Crippen molar-refractivity contribution in [3.8, 4) is 5.75 Å². The number of ether oxygens (including phenoxy) is 1. The second kappa shape index (κ2) is 6.45. The highest BCUT2D eigenvalue weighted by atomic mass is 32.1. The molecule has 1 saturated carbocycles. The molecule has 7 nitrogen and oxygen atoms in total. The number of nitrogens with one attached hydrogen (secondary N) is 1. The van der Waals surface area contributed by atoms with Gasteiger partial charge in [0.05, 0.1) is 6.04 Å². The van der Waals surface area contributed by atoms with E-state index >= 15 is 0 Å². The van der Waals surface area contributed by atoms with E-state index in [1.165, 1.54) is 11.3 Å². The van der Waals surface area contributed by atoms with Gasteiger partial charge in [0.1, 0.15) is 16.6 Å². The smallest absolute Gasteiger partial charge is 0.410 e. The number of rotatable bonds is 3. The van der Waals surface area contributed by atoms with E-state index < -0.39 is 0 Å². The number of amides is 1. The molecular weight excluding hydrogens is 364 g/mol. The zero-order chi connectivity index (χ0) is 18.4. The summed E-state index contributed by atoms with van der Waals surface area (Å²) in [6.07, 6.45) is 3.44. The fourth-order valence-electron chi connectivity index (χ4n) is 3.45. The number of thiazole rings is 1. The van der Waals surface area contributed by atoms with Gasteiger partial charge in [-0.15, -0.1) is 0 Å². The Balaban J connectivity index is 1.43. The molecule has 0 bridgehead atoms. The topological polar surface area (TPSA) is 88.2 Å². The summed E-state index contributed by atoms with van der Waals surface area (Å²) in [5.41, 5.74) is 0.170. The van der Waals surface area contributed by atoms with Crippen molar-refractivity contribution in [3.05, 3.63) is 51.5 Å². The second-order valence-electron chi connectivity index (χ2n) is 6.96. The van der Waals surface area contributed by atoms with E-state index in [1.807, 2.05) is 18.2 Å². The molecule has 8 heteroatoms. The lowest BCUT2D eigenvalue weighted by Crippen LogP contribution is -2.33.